The molecule has 4 nitrogen and oxygen atoms in total. The summed E-state index contributed by atoms with van der Waals surface area (Å²) in [6.07, 6.45) is 0. The first-order valence-corrected chi connectivity index (χ1v) is 6.25. The summed E-state index contributed by atoms with van der Waals surface area (Å²) in [5.41, 5.74) is 7.81. The van der Waals surface area contributed by atoms with E-state index in [1.54, 1.807) is 24.3 Å². The second-order valence-corrected chi connectivity index (χ2v) is 4.82. The molecule has 1 aromatic heterocycles. The summed E-state index contributed by atoms with van der Waals surface area (Å²) in [6, 6.07) is 9.02. The molecule has 1 heterocycles. The zero-order chi connectivity index (χ0) is 14.3. The van der Waals surface area contributed by atoms with E-state index >= 15 is 0 Å². The van der Waals surface area contributed by atoms with Gasteiger partial charge in [0.15, 0.2) is 5.58 Å². The quantitative estimate of drug-likeness (QED) is 0.739. The van der Waals surface area contributed by atoms with Gasteiger partial charge in [0.05, 0.1) is 12.1 Å². The number of nitrogen functional groups attached to an aromatic ring is 1. The van der Waals surface area contributed by atoms with Crippen LogP contribution in [0.5, 0.6) is 0 Å². The molecule has 0 amide bonds. The number of hydrogen-bond donors (Lipinski definition) is 1. The maximum Gasteiger partial charge on any atom is 0.420 e. The molecule has 3 aromatic rings. The first kappa shape index (κ1) is 12.7. The van der Waals surface area contributed by atoms with Gasteiger partial charge in [0, 0.05) is 16.8 Å². The fraction of sp³-hybridized carbons (Fsp3) is 0.0714. The molecule has 0 aliphatic carbocycles. The van der Waals surface area contributed by atoms with E-state index in [1.807, 2.05) is 0 Å². The van der Waals surface area contributed by atoms with E-state index in [4.69, 9.17) is 21.8 Å². The van der Waals surface area contributed by atoms with Gasteiger partial charge in [-0.15, -0.1) is 0 Å². The molecular formula is C14H10ClFN2O2. The highest BCUT2D eigenvalue weighted by Crippen LogP contribution is 2.21. The minimum absolute atomic E-state index is 0.203. The summed E-state index contributed by atoms with van der Waals surface area (Å²) < 4.78 is 19.6. The molecule has 0 aliphatic rings. The number of benzene rings is 2. The SMILES string of the molecule is Nc1ccc2c(c1)oc(=O)n2Cc1ccc(F)cc1Cl. The third kappa shape index (κ3) is 2.16. The van der Waals surface area contributed by atoms with Crippen molar-refractivity contribution in [3.05, 3.63) is 63.4 Å². The van der Waals surface area contributed by atoms with Gasteiger partial charge in [-0.1, -0.05) is 17.7 Å². The predicted octanol–water partition coefficient (Wildman–Crippen LogP) is 3.02. The second kappa shape index (κ2) is 4.68. The van der Waals surface area contributed by atoms with E-state index in [0.29, 0.717) is 22.4 Å². The molecule has 102 valence electrons. The summed E-state index contributed by atoms with van der Waals surface area (Å²) in [6.45, 7) is 0.203. The molecule has 2 N–H and O–H groups in total. The van der Waals surface area contributed by atoms with Crippen molar-refractivity contribution in [2.24, 2.45) is 0 Å². The molecule has 6 heteroatoms. The Hall–Kier alpha value is -2.27. The standard InChI is InChI=1S/C14H10ClFN2O2/c15-11-5-9(16)2-1-8(11)7-18-12-4-3-10(17)6-13(12)20-14(18)19/h1-6H,7,17H2. The zero-order valence-electron chi connectivity index (χ0n) is 10.3. The Morgan fingerprint density at radius 3 is 2.80 bits per heavy atom. The molecule has 0 aliphatic heterocycles. The third-order valence-corrected chi connectivity index (χ3v) is 3.39. The molecule has 0 saturated heterocycles. The van der Waals surface area contributed by atoms with Crippen LogP contribution in [0.15, 0.2) is 45.6 Å². The number of hydrogen-bond acceptors (Lipinski definition) is 3. The number of nitrogens with two attached hydrogens (primary N) is 1. The Kier molecular flexibility index (Phi) is 2.99. The molecule has 0 saturated carbocycles. The average Bonchev–Trinajstić information content (AvgIpc) is 2.68. The van der Waals surface area contributed by atoms with Crippen LogP contribution in [0.1, 0.15) is 5.56 Å². The van der Waals surface area contributed by atoms with E-state index in [0.717, 1.165) is 0 Å². The Balaban J connectivity index is 2.11. The maximum atomic E-state index is 13.0. The van der Waals surface area contributed by atoms with Crippen LogP contribution in [0.4, 0.5) is 10.1 Å². The monoisotopic (exact) mass is 292 g/mol. The van der Waals surface area contributed by atoms with E-state index < -0.39 is 11.6 Å². The molecule has 0 fully saturated rings. The fourth-order valence-corrected chi connectivity index (χ4v) is 2.28. The third-order valence-electron chi connectivity index (χ3n) is 3.04. The van der Waals surface area contributed by atoms with E-state index in [1.165, 1.54) is 16.7 Å². The number of oxazole rings is 1. The van der Waals surface area contributed by atoms with E-state index in [9.17, 15) is 9.18 Å². The molecule has 0 radical (unpaired) electrons. The number of fused-ring (bicyclic) bond motifs is 1. The van der Waals surface area contributed by atoms with Crippen molar-refractivity contribution in [1.29, 1.82) is 0 Å². The lowest BCUT2D eigenvalue weighted by atomic mass is 10.2. The minimum Gasteiger partial charge on any atom is -0.408 e. The van der Waals surface area contributed by atoms with Crippen LogP contribution in [-0.4, -0.2) is 4.57 Å². The normalized spacial score (nSPS) is 11.1. The topological polar surface area (TPSA) is 61.2 Å². The highest BCUT2D eigenvalue weighted by molar-refractivity contribution is 6.31. The highest BCUT2D eigenvalue weighted by Gasteiger charge is 2.11. The number of anilines is 1. The molecule has 3 rings (SSSR count). The van der Waals surface area contributed by atoms with Crippen LogP contribution in [-0.2, 0) is 6.54 Å². The highest BCUT2D eigenvalue weighted by atomic mass is 35.5. The van der Waals surface area contributed by atoms with Crippen LogP contribution < -0.4 is 11.5 Å². The maximum absolute atomic E-state index is 13.0. The smallest absolute Gasteiger partial charge is 0.408 e. The first-order valence-electron chi connectivity index (χ1n) is 5.87. The van der Waals surface area contributed by atoms with Gasteiger partial charge in [0.2, 0.25) is 0 Å². The summed E-state index contributed by atoms with van der Waals surface area (Å²) >= 11 is 5.97. The van der Waals surface area contributed by atoms with Crippen molar-refractivity contribution >= 4 is 28.4 Å². The van der Waals surface area contributed by atoms with Gasteiger partial charge in [0.1, 0.15) is 5.82 Å². The van der Waals surface area contributed by atoms with Crippen LogP contribution in [0.2, 0.25) is 5.02 Å². The van der Waals surface area contributed by atoms with Gasteiger partial charge < -0.3 is 10.2 Å². The van der Waals surface area contributed by atoms with E-state index in [2.05, 4.69) is 0 Å². The van der Waals surface area contributed by atoms with Crippen molar-refractivity contribution < 1.29 is 8.81 Å². The second-order valence-electron chi connectivity index (χ2n) is 4.42. The Labute approximate surface area is 118 Å². The van der Waals surface area contributed by atoms with Gasteiger partial charge in [-0.3, -0.25) is 4.57 Å². The summed E-state index contributed by atoms with van der Waals surface area (Å²) in [5, 5.41) is 0.265. The lowest BCUT2D eigenvalue weighted by Crippen LogP contribution is -2.15. The van der Waals surface area contributed by atoms with Crippen LogP contribution >= 0.6 is 11.6 Å². The van der Waals surface area contributed by atoms with Gasteiger partial charge in [-0.2, -0.15) is 0 Å². The lowest BCUT2D eigenvalue weighted by molar-refractivity contribution is 0.517. The molecule has 0 unspecified atom stereocenters. The Morgan fingerprint density at radius 2 is 2.05 bits per heavy atom. The molecular weight excluding hydrogens is 283 g/mol. The minimum atomic E-state index is -0.508. The van der Waals surface area contributed by atoms with Crippen molar-refractivity contribution in [2.75, 3.05) is 5.73 Å². The average molecular weight is 293 g/mol. The van der Waals surface area contributed by atoms with E-state index in [-0.39, 0.29) is 11.6 Å². The van der Waals surface area contributed by atoms with Crippen LogP contribution in [0.25, 0.3) is 11.1 Å². The molecule has 0 spiro atoms. The lowest BCUT2D eigenvalue weighted by Gasteiger charge is -2.05. The fourth-order valence-electron chi connectivity index (χ4n) is 2.05. The number of rotatable bonds is 2. The number of nitrogens with zero attached hydrogens (tertiary/aromatic N) is 1. The van der Waals surface area contributed by atoms with Crippen molar-refractivity contribution in [3.63, 3.8) is 0 Å². The number of aromatic nitrogens is 1. The largest absolute Gasteiger partial charge is 0.420 e. The summed E-state index contributed by atoms with van der Waals surface area (Å²) in [4.78, 5) is 11.9. The Morgan fingerprint density at radius 1 is 1.25 bits per heavy atom. The molecule has 0 bridgehead atoms. The van der Waals surface area contributed by atoms with Crippen molar-refractivity contribution in [3.8, 4) is 0 Å². The number of halogens is 2. The van der Waals surface area contributed by atoms with Gasteiger partial charge in [-0.05, 0) is 29.8 Å². The summed E-state index contributed by atoms with van der Waals surface area (Å²) in [5.74, 6) is -0.929. The molecule has 0 atom stereocenters. The Bertz CT molecular complexity index is 854. The first-order chi connectivity index (χ1) is 9.54. The van der Waals surface area contributed by atoms with Crippen molar-refractivity contribution in [2.45, 2.75) is 6.54 Å². The molecule has 20 heavy (non-hydrogen) atoms. The zero-order valence-corrected chi connectivity index (χ0v) is 11.0. The molecule has 2 aromatic carbocycles. The van der Waals surface area contributed by atoms with Crippen LogP contribution in [0, 0.1) is 5.82 Å². The summed E-state index contributed by atoms with van der Waals surface area (Å²) in [7, 11) is 0. The van der Waals surface area contributed by atoms with Gasteiger partial charge in [-0.25, -0.2) is 9.18 Å². The van der Waals surface area contributed by atoms with Crippen LogP contribution in [0.3, 0.4) is 0 Å². The van der Waals surface area contributed by atoms with Gasteiger partial charge in [0.25, 0.3) is 0 Å². The van der Waals surface area contributed by atoms with Gasteiger partial charge >= 0.3 is 5.76 Å². The van der Waals surface area contributed by atoms with Crippen molar-refractivity contribution in [1.82, 2.24) is 4.57 Å². The predicted molar refractivity (Wildman–Crippen MR) is 75.4 cm³/mol.